The summed E-state index contributed by atoms with van der Waals surface area (Å²) in [5, 5.41) is 11.5. The summed E-state index contributed by atoms with van der Waals surface area (Å²) in [5.74, 6) is 0.765. The van der Waals surface area contributed by atoms with E-state index in [1.165, 1.54) is 0 Å². The topological polar surface area (TPSA) is 72.5 Å². The van der Waals surface area contributed by atoms with Crippen LogP contribution in [-0.4, -0.2) is 55.5 Å². The highest BCUT2D eigenvalue weighted by Crippen LogP contribution is 2.20. The monoisotopic (exact) mass is 292 g/mol. The molecule has 1 atom stereocenters. The Balaban J connectivity index is 2.58. The standard InChI is InChI=1S/C15H24N4O2/c1-4-19(5-2)13(14-7-6-10-21-14)11-17-15(20)12-18(3)9-8-16/h6-7,10,13H,4-5,9,11-12H2,1-3H3,(H,17,20). The van der Waals surface area contributed by atoms with Crippen molar-refractivity contribution in [2.75, 3.05) is 39.8 Å². The number of furan rings is 1. The van der Waals surface area contributed by atoms with Gasteiger partial charge in [-0.3, -0.25) is 14.6 Å². The van der Waals surface area contributed by atoms with Gasteiger partial charge < -0.3 is 9.73 Å². The summed E-state index contributed by atoms with van der Waals surface area (Å²) in [5.41, 5.74) is 0. The largest absolute Gasteiger partial charge is 0.468 e. The molecule has 1 amide bonds. The van der Waals surface area contributed by atoms with Gasteiger partial charge in [0.15, 0.2) is 0 Å². The van der Waals surface area contributed by atoms with Gasteiger partial charge in [-0.05, 0) is 32.3 Å². The molecule has 0 aliphatic carbocycles. The normalized spacial score (nSPS) is 12.4. The van der Waals surface area contributed by atoms with Crippen molar-refractivity contribution in [1.82, 2.24) is 15.1 Å². The molecule has 116 valence electrons. The summed E-state index contributed by atoms with van der Waals surface area (Å²) in [6, 6.07) is 5.83. The highest BCUT2D eigenvalue weighted by atomic mass is 16.3. The molecule has 0 aliphatic rings. The third-order valence-electron chi connectivity index (χ3n) is 3.37. The molecule has 6 nitrogen and oxygen atoms in total. The fraction of sp³-hybridized carbons (Fsp3) is 0.600. The van der Waals surface area contributed by atoms with E-state index in [1.807, 2.05) is 18.2 Å². The Bertz CT molecular complexity index is 449. The minimum Gasteiger partial charge on any atom is -0.468 e. The SMILES string of the molecule is CCN(CC)C(CNC(=O)CN(C)CC#N)c1ccco1. The van der Waals surface area contributed by atoms with Crippen molar-refractivity contribution < 1.29 is 9.21 Å². The molecular formula is C15H24N4O2. The van der Waals surface area contributed by atoms with Crippen molar-refractivity contribution in [3.05, 3.63) is 24.2 Å². The molecule has 6 heteroatoms. The number of nitrogens with one attached hydrogen (secondary N) is 1. The van der Waals surface area contributed by atoms with E-state index in [0.717, 1.165) is 18.8 Å². The average Bonchev–Trinajstić information content (AvgIpc) is 2.97. The molecule has 1 aromatic rings. The summed E-state index contributed by atoms with van der Waals surface area (Å²) in [6.07, 6.45) is 1.65. The lowest BCUT2D eigenvalue weighted by Gasteiger charge is -2.28. The van der Waals surface area contributed by atoms with E-state index < -0.39 is 0 Å². The third-order valence-corrected chi connectivity index (χ3v) is 3.37. The van der Waals surface area contributed by atoms with Crippen molar-refractivity contribution in [3.63, 3.8) is 0 Å². The Kier molecular flexibility index (Phi) is 7.51. The molecule has 0 aliphatic heterocycles. The quantitative estimate of drug-likeness (QED) is 0.693. The van der Waals surface area contributed by atoms with Crippen molar-refractivity contribution in [3.8, 4) is 6.07 Å². The Labute approximate surface area is 126 Å². The first-order valence-corrected chi connectivity index (χ1v) is 7.22. The maximum Gasteiger partial charge on any atom is 0.234 e. The molecular weight excluding hydrogens is 268 g/mol. The van der Waals surface area contributed by atoms with Crippen LogP contribution in [0.4, 0.5) is 0 Å². The fourth-order valence-corrected chi connectivity index (χ4v) is 2.24. The molecule has 1 rings (SSSR count). The van der Waals surface area contributed by atoms with Crippen LogP contribution in [0.25, 0.3) is 0 Å². The predicted molar refractivity (Wildman–Crippen MR) is 80.5 cm³/mol. The van der Waals surface area contributed by atoms with Crippen LogP contribution in [0.2, 0.25) is 0 Å². The molecule has 0 spiro atoms. The highest BCUT2D eigenvalue weighted by molar-refractivity contribution is 5.78. The van der Waals surface area contributed by atoms with Crippen LogP contribution in [0, 0.1) is 11.3 Å². The van der Waals surface area contributed by atoms with Gasteiger partial charge in [-0.25, -0.2) is 0 Å². The lowest BCUT2D eigenvalue weighted by Crippen LogP contribution is -2.41. The molecule has 0 radical (unpaired) electrons. The zero-order valence-corrected chi connectivity index (χ0v) is 13.0. The predicted octanol–water partition coefficient (Wildman–Crippen LogP) is 1.23. The second kappa shape index (κ2) is 9.16. The molecule has 0 saturated heterocycles. The first-order valence-electron chi connectivity index (χ1n) is 7.22. The van der Waals surface area contributed by atoms with Crippen molar-refractivity contribution in [2.45, 2.75) is 19.9 Å². The van der Waals surface area contributed by atoms with Crippen LogP contribution in [0.5, 0.6) is 0 Å². The number of nitriles is 1. The Morgan fingerprint density at radius 1 is 1.48 bits per heavy atom. The third kappa shape index (κ3) is 5.58. The molecule has 1 heterocycles. The first-order chi connectivity index (χ1) is 10.1. The Morgan fingerprint density at radius 3 is 2.71 bits per heavy atom. The van der Waals surface area contributed by atoms with E-state index >= 15 is 0 Å². The van der Waals surface area contributed by atoms with Gasteiger partial charge >= 0.3 is 0 Å². The molecule has 1 aromatic heterocycles. The van der Waals surface area contributed by atoms with Gasteiger partial charge in [-0.2, -0.15) is 5.26 Å². The van der Waals surface area contributed by atoms with Crippen molar-refractivity contribution in [1.29, 1.82) is 5.26 Å². The highest BCUT2D eigenvalue weighted by Gasteiger charge is 2.21. The van der Waals surface area contributed by atoms with E-state index in [4.69, 9.17) is 9.68 Å². The number of hydrogen-bond acceptors (Lipinski definition) is 5. The minimum atomic E-state index is -0.0866. The zero-order chi connectivity index (χ0) is 15.7. The van der Waals surface area contributed by atoms with Gasteiger partial charge in [0.2, 0.25) is 5.91 Å². The number of carbonyl (C=O) groups excluding carboxylic acids is 1. The van der Waals surface area contributed by atoms with Crippen molar-refractivity contribution in [2.24, 2.45) is 0 Å². The minimum absolute atomic E-state index is 0.0280. The van der Waals surface area contributed by atoms with Crippen LogP contribution in [0.1, 0.15) is 25.6 Å². The van der Waals surface area contributed by atoms with Crippen LogP contribution in [0.3, 0.4) is 0 Å². The first kappa shape index (κ1) is 17.2. The summed E-state index contributed by atoms with van der Waals surface area (Å²) in [7, 11) is 1.75. The summed E-state index contributed by atoms with van der Waals surface area (Å²) < 4.78 is 5.49. The van der Waals surface area contributed by atoms with Crippen molar-refractivity contribution >= 4 is 5.91 Å². The Morgan fingerprint density at radius 2 is 2.19 bits per heavy atom. The van der Waals surface area contributed by atoms with E-state index in [-0.39, 0.29) is 25.0 Å². The van der Waals surface area contributed by atoms with Gasteiger partial charge in [0, 0.05) is 6.54 Å². The van der Waals surface area contributed by atoms with Gasteiger partial charge in [0.05, 0.1) is 31.5 Å². The number of hydrogen-bond donors (Lipinski definition) is 1. The van der Waals surface area contributed by atoms with E-state index in [9.17, 15) is 4.79 Å². The van der Waals surface area contributed by atoms with Crippen LogP contribution < -0.4 is 5.32 Å². The van der Waals surface area contributed by atoms with Crippen LogP contribution in [-0.2, 0) is 4.79 Å². The van der Waals surface area contributed by atoms with Crippen LogP contribution in [0.15, 0.2) is 22.8 Å². The molecule has 1 N–H and O–H groups in total. The summed E-state index contributed by atoms with van der Waals surface area (Å²) in [4.78, 5) is 15.8. The number of rotatable bonds is 9. The van der Waals surface area contributed by atoms with E-state index in [1.54, 1.807) is 18.2 Å². The maximum absolute atomic E-state index is 11.9. The lowest BCUT2D eigenvalue weighted by molar-refractivity contribution is -0.122. The van der Waals surface area contributed by atoms with Gasteiger partial charge in [-0.1, -0.05) is 13.8 Å². The molecule has 0 saturated carbocycles. The molecule has 0 bridgehead atoms. The number of likely N-dealkylation sites (N-methyl/N-ethyl adjacent to an activating group) is 2. The van der Waals surface area contributed by atoms with Gasteiger partial charge in [0.25, 0.3) is 0 Å². The molecule has 21 heavy (non-hydrogen) atoms. The van der Waals surface area contributed by atoms with E-state index in [0.29, 0.717) is 6.54 Å². The lowest BCUT2D eigenvalue weighted by atomic mass is 10.2. The number of nitrogens with zero attached hydrogens (tertiary/aromatic N) is 3. The zero-order valence-electron chi connectivity index (χ0n) is 13.0. The second-order valence-electron chi connectivity index (χ2n) is 4.89. The average molecular weight is 292 g/mol. The Hall–Kier alpha value is -1.84. The number of amides is 1. The van der Waals surface area contributed by atoms with Gasteiger partial charge in [-0.15, -0.1) is 0 Å². The maximum atomic E-state index is 11.9. The number of carbonyl (C=O) groups is 1. The summed E-state index contributed by atoms with van der Waals surface area (Å²) in [6.45, 7) is 6.89. The molecule has 1 unspecified atom stereocenters. The summed E-state index contributed by atoms with van der Waals surface area (Å²) >= 11 is 0. The van der Waals surface area contributed by atoms with Crippen LogP contribution >= 0.6 is 0 Å². The second-order valence-corrected chi connectivity index (χ2v) is 4.89. The molecule has 0 fully saturated rings. The smallest absolute Gasteiger partial charge is 0.234 e. The van der Waals surface area contributed by atoms with E-state index in [2.05, 4.69) is 24.1 Å². The fourth-order valence-electron chi connectivity index (χ4n) is 2.24. The molecule has 0 aromatic carbocycles. The van der Waals surface area contributed by atoms with Gasteiger partial charge in [0.1, 0.15) is 5.76 Å².